The molecular weight excluding hydrogens is 217 g/mol. The van der Waals surface area contributed by atoms with Crippen molar-refractivity contribution >= 4 is 7.75 Å². The summed E-state index contributed by atoms with van der Waals surface area (Å²) in [5.41, 5.74) is 0. The Bertz CT molecular complexity index is 296. The minimum atomic E-state index is -3.25. The summed E-state index contributed by atoms with van der Waals surface area (Å²) in [4.78, 5) is 6.86. The molecule has 1 saturated heterocycles. The van der Waals surface area contributed by atoms with Crippen molar-refractivity contribution in [3.63, 3.8) is 0 Å². The first-order valence-electron chi connectivity index (χ1n) is 5.23. The standard InChI is InChI=1S/C9H16NO4P/c1-3-12-15(11,13-4-2)10-8-5-6-9(7-8)14-10/h5-6,8-9H,3-4,7H2,1-2H3/t8-,9+/m0/s1. The van der Waals surface area contributed by atoms with Gasteiger partial charge in [0.1, 0.15) is 6.10 Å². The number of hydrogen-bond donors (Lipinski definition) is 0. The van der Waals surface area contributed by atoms with Gasteiger partial charge in [-0.15, -0.1) is 0 Å². The molecule has 2 bridgehead atoms. The molecule has 5 nitrogen and oxygen atoms in total. The molecule has 6 heteroatoms. The van der Waals surface area contributed by atoms with Crippen LogP contribution in [-0.2, 0) is 18.5 Å². The summed E-state index contributed by atoms with van der Waals surface area (Å²) in [6, 6.07) is 0.0268. The van der Waals surface area contributed by atoms with Crippen LogP contribution in [0.15, 0.2) is 12.2 Å². The molecule has 2 atom stereocenters. The van der Waals surface area contributed by atoms with Crippen LogP contribution in [0.2, 0.25) is 0 Å². The van der Waals surface area contributed by atoms with Crippen LogP contribution in [0.4, 0.5) is 0 Å². The average molecular weight is 233 g/mol. The quantitative estimate of drug-likeness (QED) is 0.537. The predicted octanol–water partition coefficient (Wildman–Crippen LogP) is 2.11. The molecule has 0 unspecified atom stereocenters. The van der Waals surface area contributed by atoms with Crippen LogP contribution in [0.25, 0.3) is 0 Å². The zero-order valence-electron chi connectivity index (χ0n) is 8.96. The molecule has 1 fully saturated rings. The van der Waals surface area contributed by atoms with E-state index in [0.717, 1.165) is 6.42 Å². The molecule has 0 aromatic rings. The fourth-order valence-electron chi connectivity index (χ4n) is 1.82. The fraction of sp³-hybridized carbons (Fsp3) is 0.778. The molecule has 1 aliphatic heterocycles. The van der Waals surface area contributed by atoms with Gasteiger partial charge in [0.2, 0.25) is 0 Å². The molecule has 86 valence electrons. The number of hydrogen-bond acceptors (Lipinski definition) is 4. The van der Waals surface area contributed by atoms with Gasteiger partial charge in [-0.3, -0.25) is 13.9 Å². The van der Waals surface area contributed by atoms with E-state index in [4.69, 9.17) is 13.9 Å². The topological polar surface area (TPSA) is 48.0 Å². The van der Waals surface area contributed by atoms with Crippen molar-refractivity contribution in [1.29, 1.82) is 0 Å². The van der Waals surface area contributed by atoms with E-state index < -0.39 is 7.75 Å². The van der Waals surface area contributed by atoms with Crippen molar-refractivity contribution in [3.8, 4) is 0 Å². The SMILES string of the molecule is CCOP(=O)(OCC)N1O[C@@H]2C=C[C@H]1C2. The number of rotatable bonds is 5. The zero-order chi connectivity index (χ0) is 10.9. The highest BCUT2D eigenvalue weighted by Gasteiger charge is 2.47. The van der Waals surface area contributed by atoms with E-state index in [2.05, 4.69) is 0 Å². The van der Waals surface area contributed by atoms with Gasteiger partial charge in [0.25, 0.3) is 0 Å². The first-order valence-corrected chi connectivity index (χ1v) is 6.73. The maximum Gasteiger partial charge on any atom is 0.431 e. The smallest absolute Gasteiger partial charge is 0.296 e. The average Bonchev–Trinajstić information content (AvgIpc) is 2.79. The van der Waals surface area contributed by atoms with Crippen molar-refractivity contribution in [2.24, 2.45) is 0 Å². The van der Waals surface area contributed by atoms with Crippen molar-refractivity contribution < 1.29 is 18.5 Å². The summed E-state index contributed by atoms with van der Waals surface area (Å²) < 4.78 is 22.7. The van der Waals surface area contributed by atoms with Gasteiger partial charge in [0.05, 0.1) is 19.3 Å². The molecule has 0 saturated carbocycles. The molecule has 2 aliphatic rings. The van der Waals surface area contributed by atoms with Crippen LogP contribution in [0.3, 0.4) is 0 Å². The van der Waals surface area contributed by atoms with Crippen LogP contribution in [-0.4, -0.2) is 30.2 Å². The first-order chi connectivity index (χ1) is 7.19. The van der Waals surface area contributed by atoms with Crippen LogP contribution in [0, 0.1) is 0 Å². The third kappa shape index (κ3) is 2.03. The zero-order valence-corrected chi connectivity index (χ0v) is 9.85. The lowest BCUT2D eigenvalue weighted by Crippen LogP contribution is -2.27. The molecule has 15 heavy (non-hydrogen) atoms. The molecule has 0 aromatic carbocycles. The highest BCUT2D eigenvalue weighted by atomic mass is 31.2. The highest BCUT2D eigenvalue weighted by molar-refractivity contribution is 7.51. The van der Waals surface area contributed by atoms with Gasteiger partial charge in [-0.2, -0.15) is 0 Å². The van der Waals surface area contributed by atoms with Gasteiger partial charge in [-0.25, -0.2) is 4.57 Å². The Morgan fingerprint density at radius 3 is 2.47 bits per heavy atom. The second-order valence-electron chi connectivity index (χ2n) is 3.44. The van der Waals surface area contributed by atoms with Crippen LogP contribution in [0.5, 0.6) is 0 Å². The summed E-state index contributed by atoms with van der Waals surface area (Å²) in [5, 5.41) is 0. The van der Waals surface area contributed by atoms with Crippen molar-refractivity contribution in [1.82, 2.24) is 4.83 Å². The molecule has 1 aliphatic carbocycles. The van der Waals surface area contributed by atoms with Gasteiger partial charge in [-0.1, -0.05) is 17.0 Å². The lowest BCUT2D eigenvalue weighted by molar-refractivity contribution is -0.102. The van der Waals surface area contributed by atoms with Crippen molar-refractivity contribution in [2.75, 3.05) is 13.2 Å². The Balaban J connectivity index is 2.12. The predicted molar refractivity (Wildman–Crippen MR) is 55.1 cm³/mol. The lowest BCUT2D eigenvalue weighted by atomic mass is 10.3. The Labute approximate surface area is 89.5 Å². The Kier molecular flexibility index (Phi) is 3.28. The molecule has 0 aromatic heterocycles. The maximum absolute atomic E-state index is 12.3. The van der Waals surface area contributed by atoms with Gasteiger partial charge in [0, 0.05) is 6.42 Å². The monoisotopic (exact) mass is 233 g/mol. The molecule has 0 amide bonds. The van der Waals surface area contributed by atoms with Crippen LogP contribution < -0.4 is 0 Å². The Morgan fingerprint density at radius 2 is 2.07 bits per heavy atom. The summed E-state index contributed by atoms with van der Waals surface area (Å²) in [5.74, 6) is 0. The third-order valence-corrected chi connectivity index (χ3v) is 4.42. The second-order valence-corrected chi connectivity index (χ2v) is 5.29. The molecular formula is C9H16NO4P. The van der Waals surface area contributed by atoms with Crippen LogP contribution >= 0.6 is 7.75 Å². The van der Waals surface area contributed by atoms with Gasteiger partial charge < -0.3 is 0 Å². The summed E-state index contributed by atoms with van der Waals surface area (Å²) >= 11 is 0. The normalized spacial score (nSPS) is 30.3. The molecule has 0 radical (unpaired) electrons. The summed E-state index contributed by atoms with van der Waals surface area (Å²) in [6.07, 6.45) is 4.83. The second kappa shape index (κ2) is 4.36. The molecule has 1 heterocycles. The van der Waals surface area contributed by atoms with E-state index in [1.807, 2.05) is 12.2 Å². The number of fused-ring (bicyclic) bond motifs is 2. The van der Waals surface area contributed by atoms with E-state index in [1.54, 1.807) is 13.8 Å². The van der Waals surface area contributed by atoms with E-state index in [9.17, 15) is 4.57 Å². The summed E-state index contributed by atoms with van der Waals surface area (Å²) in [7, 11) is -3.25. The van der Waals surface area contributed by atoms with E-state index in [0.29, 0.717) is 13.2 Å². The van der Waals surface area contributed by atoms with Crippen LogP contribution in [0.1, 0.15) is 20.3 Å². The molecule has 0 N–H and O–H groups in total. The van der Waals surface area contributed by atoms with E-state index in [-0.39, 0.29) is 12.1 Å². The molecule has 2 rings (SSSR count). The van der Waals surface area contributed by atoms with Crippen molar-refractivity contribution in [3.05, 3.63) is 12.2 Å². The van der Waals surface area contributed by atoms with Gasteiger partial charge >= 0.3 is 7.75 Å². The maximum atomic E-state index is 12.3. The van der Waals surface area contributed by atoms with Gasteiger partial charge in [-0.05, 0) is 13.8 Å². The Hall–Kier alpha value is -0.190. The summed E-state index contributed by atoms with van der Waals surface area (Å²) in [6.45, 7) is 4.27. The number of nitrogens with zero attached hydrogens (tertiary/aromatic N) is 1. The minimum Gasteiger partial charge on any atom is -0.296 e. The van der Waals surface area contributed by atoms with Crippen molar-refractivity contribution in [2.45, 2.75) is 32.4 Å². The highest BCUT2D eigenvalue weighted by Crippen LogP contribution is 2.57. The van der Waals surface area contributed by atoms with E-state index in [1.165, 1.54) is 4.83 Å². The number of hydroxylamine groups is 1. The molecule has 0 spiro atoms. The van der Waals surface area contributed by atoms with E-state index >= 15 is 0 Å². The fourth-order valence-corrected chi connectivity index (χ4v) is 3.55. The Morgan fingerprint density at radius 1 is 1.40 bits per heavy atom. The first kappa shape index (κ1) is 11.3. The lowest BCUT2D eigenvalue weighted by Gasteiger charge is -2.29. The minimum absolute atomic E-state index is 0.0268. The largest absolute Gasteiger partial charge is 0.431 e. The van der Waals surface area contributed by atoms with Gasteiger partial charge in [0.15, 0.2) is 0 Å². The third-order valence-electron chi connectivity index (χ3n) is 2.37.